The van der Waals surface area contributed by atoms with Crippen LogP contribution in [-0.2, 0) is 11.3 Å². The van der Waals surface area contributed by atoms with Crippen molar-refractivity contribution in [2.45, 2.75) is 25.9 Å². The zero-order valence-corrected chi connectivity index (χ0v) is 12.6. The summed E-state index contributed by atoms with van der Waals surface area (Å²) in [4.78, 5) is 16.4. The highest BCUT2D eigenvalue weighted by Crippen LogP contribution is 2.11. The first-order valence-corrected chi connectivity index (χ1v) is 7.84. The minimum atomic E-state index is 0.208. The Morgan fingerprint density at radius 3 is 3.00 bits per heavy atom. The Labute approximate surface area is 119 Å². The summed E-state index contributed by atoms with van der Waals surface area (Å²) < 4.78 is 0. The van der Waals surface area contributed by atoms with Gasteiger partial charge in [0.25, 0.3) is 0 Å². The summed E-state index contributed by atoms with van der Waals surface area (Å²) in [5.74, 6) is 0.208. The molecule has 1 unspecified atom stereocenters. The lowest BCUT2D eigenvalue weighted by Gasteiger charge is -2.28. The average Bonchev–Trinajstić information content (AvgIpc) is 3.08. The predicted octanol–water partition coefficient (Wildman–Crippen LogP) is 1.39. The Kier molecular flexibility index (Phi) is 5.36. The van der Waals surface area contributed by atoms with Crippen molar-refractivity contribution < 1.29 is 4.79 Å². The van der Waals surface area contributed by atoms with Crippen molar-refractivity contribution in [3.8, 4) is 0 Å². The molecule has 2 rings (SSSR count). The van der Waals surface area contributed by atoms with Crippen molar-refractivity contribution in [1.82, 2.24) is 15.1 Å². The summed E-state index contributed by atoms with van der Waals surface area (Å²) in [6.45, 7) is 6.39. The summed E-state index contributed by atoms with van der Waals surface area (Å²) in [6, 6.07) is 2.59. The molecule has 0 radical (unpaired) electrons. The van der Waals surface area contributed by atoms with Crippen molar-refractivity contribution in [3.05, 3.63) is 22.4 Å². The summed E-state index contributed by atoms with van der Waals surface area (Å²) in [5, 5.41) is 7.51. The number of nitrogens with zero attached hydrogens (tertiary/aromatic N) is 2. The third-order valence-electron chi connectivity index (χ3n) is 3.72. The second-order valence-corrected chi connectivity index (χ2v) is 5.87. The number of amides is 1. The van der Waals surface area contributed by atoms with Crippen molar-refractivity contribution >= 4 is 17.2 Å². The monoisotopic (exact) mass is 281 g/mol. The maximum absolute atomic E-state index is 12.3. The lowest BCUT2D eigenvalue weighted by molar-refractivity contribution is -0.132. The Hall–Kier alpha value is -0.910. The molecule has 1 fully saturated rings. The molecule has 1 aliphatic heterocycles. The summed E-state index contributed by atoms with van der Waals surface area (Å²) >= 11 is 1.68. The zero-order valence-electron chi connectivity index (χ0n) is 11.8. The van der Waals surface area contributed by atoms with E-state index in [2.05, 4.69) is 34.0 Å². The molecule has 1 aromatic rings. The molecular formula is C14H23N3OS. The van der Waals surface area contributed by atoms with Crippen molar-refractivity contribution in [2.24, 2.45) is 0 Å². The molecule has 1 aromatic heterocycles. The van der Waals surface area contributed by atoms with Gasteiger partial charge in [-0.25, -0.2) is 0 Å². The number of carbonyl (C=O) groups is 1. The highest BCUT2D eigenvalue weighted by atomic mass is 32.1. The number of thiophene rings is 1. The van der Waals surface area contributed by atoms with Gasteiger partial charge in [-0.15, -0.1) is 0 Å². The van der Waals surface area contributed by atoms with Crippen LogP contribution in [-0.4, -0.2) is 55.0 Å². The van der Waals surface area contributed by atoms with E-state index in [1.54, 1.807) is 11.3 Å². The highest BCUT2D eigenvalue weighted by Gasteiger charge is 2.23. The molecule has 2 heterocycles. The fourth-order valence-corrected chi connectivity index (χ4v) is 3.15. The van der Waals surface area contributed by atoms with Crippen LogP contribution in [0.1, 0.15) is 18.9 Å². The van der Waals surface area contributed by atoms with Gasteiger partial charge >= 0.3 is 0 Å². The van der Waals surface area contributed by atoms with Gasteiger partial charge in [-0.1, -0.05) is 6.92 Å². The van der Waals surface area contributed by atoms with Crippen LogP contribution in [0.15, 0.2) is 16.8 Å². The average molecular weight is 281 g/mol. The molecule has 5 heteroatoms. The molecule has 1 N–H and O–H groups in total. The summed E-state index contributed by atoms with van der Waals surface area (Å²) in [6.07, 6.45) is 1.15. The lowest BCUT2D eigenvalue weighted by atomic mass is 10.2. The van der Waals surface area contributed by atoms with Crippen LogP contribution in [0.25, 0.3) is 0 Å². The maximum atomic E-state index is 12.3. The Bertz CT molecular complexity index is 387. The van der Waals surface area contributed by atoms with Crippen molar-refractivity contribution in [1.29, 1.82) is 0 Å². The van der Waals surface area contributed by atoms with Gasteiger partial charge < -0.3 is 10.2 Å². The Morgan fingerprint density at radius 1 is 1.58 bits per heavy atom. The summed E-state index contributed by atoms with van der Waals surface area (Å²) in [7, 11) is 1.89. The second-order valence-electron chi connectivity index (χ2n) is 5.09. The largest absolute Gasteiger partial charge is 0.340 e. The number of nitrogens with one attached hydrogen (secondary N) is 1. The minimum Gasteiger partial charge on any atom is -0.340 e. The SMILES string of the molecule is CCN(CC(=O)N(C)Cc1ccsc1)C1CCNC1. The van der Waals surface area contributed by atoms with E-state index in [1.807, 2.05) is 11.9 Å². The van der Waals surface area contributed by atoms with Crippen LogP contribution in [0, 0.1) is 0 Å². The van der Waals surface area contributed by atoms with Gasteiger partial charge in [0.1, 0.15) is 0 Å². The van der Waals surface area contributed by atoms with E-state index in [4.69, 9.17) is 0 Å². The fourth-order valence-electron chi connectivity index (χ4n) is 2.49. The molecule has 106 valence electrons. The maximum Gasteiger partial charge on any atom is 0.236 e. The van der Waals surface area contributed by atoms with Gasteiger partial charge in [-0.05, 0) is 41.9 Å². The van der Waals surface area contributed by atoms with E-state index < -0.39 is 0 Å². The van der Waals surface area contributed by atoms with Crippen molar-refractivity contribution in [3.63, 3.8) is 0 Å². The minimum absolute atomic E-state index is 0.208. The number of hydrogen-bond acceptors (Lipinski definition) is 4. The van der Waals surface area contributed by atoms with E-state index in [0.717, 1.165) is 26.1 Å². The van der Waals surface area contributed by atoms with Crippen LogP contribution in [0.2, 0.25) is 0 Å². The molecule has 0 aromatic carbocycles. The third kappa shape index (κ3) is 4.03. The van der Waals surface area contributed by atoms with Gasteiger partial charge in [-0.3, -0.25) is 9.69 Å². The van der Waals surface area contributed by atoms with E-state index >= 15 is 0 Å². The highest BCUT2D eigenvalue weighted by molar-refractivity contribution is 7.07. The number of rotatable bonds is 6. The molecule has 0 saturated carbocycles. The summed E-state index contributed by atoms with van der Waals surface area (Å²) in [5.41, 5.74) is 1.21. The topological polar surface area (TPSA) is 35.6 Å². The number of carbonyl (C=O) groups excluding carboxylic acids is 1. The molecular weight excluding hydrogens is 258 g/mol. The first kappa shape index (κ1) is 14.5. The van der Waals surface area contributed by atoms with E-state index in [0.29, 0.717) is 19.1 Å². The Morgan fingerprint density at radius 2 is 2.42 bits per heavy atom. The van der Waals surface area contributed by atoms with Crippen LogP contribution >= 0.6 is 11.3 Å². The van der Waals surface area contributed by atoms with Crippen LogP contribution in [0.5, 0.6) is 0 Å². The Balaban J connectivity index is 1.84. The molecule has 1 amide bonds. The van der Waals surface area contributed by atoms with E-state index in [9.17, 15) is 4.79 Å². The van der Waals surface area contributed by atoms with Crippen LogP contribution in [0.3, 0.4) is 0 Å². The molecule has 0 spiro atoms. The van der Waals surface area contributed by atoms with E-state index in [1.165, 1.54) is 5.56 Å². The van der Waals surface area contributed by atoms with Gasteiger partial charge in [0.2, 0.25) is 5.91 Å². The van der Waals surface area contributed by atoms with Crippen LogP contribution in [0.4, 0.5) is 0 Å². The quantitative estimate of drug-likeness (QED) is 0.856. The second kappa shape index (κ2) is 7.03. The van der Waals surface area contributed by atoms with Crippen molar-refractivity contribution in [2.75, 3.05) is 33.2 Å². The lowest BCUT2D eigenvalue weighted by Crippen LogP contribution is -2.44. The van der Waals surface area contributed by atoms with Gasteiger partial charge in [0, 0.05) is 26.2 Å². The smallest absolute Gasteiger partial charge is 0.236 e. The first-order valence-electron chi connectivity index (χ1n) is 6.90. The number of likely N-dealkylation sites (N-methyl/N-ethyl adjacent to an activating group) is 2. The first-order chi connectivity index (χ1) is 9.20. The zero-order chi connectivity index (χ0) is 13.7. The van der Waals surface area contributed by atoms with Gasteiger partial charge in [0.05, 0.1) is 6.54 Å². The third-order valence-corrected chi connectivity index (χ3v) is 4.45. The molecule has 1 saturated heterocycles. The fraction of sp³-hybridized carbons (Fsp3) is 0.643. The van der Waals surface area contributed by atoms with E-state index in [-0.39, 0.29) is 5.91 Å². The molecule has 19 heavy (non-hydrogen) atoms. The molecule has 0 aliphatic carbocycles. The molecule has 4 nitrogen and oxygen atoms in total. The normalized spacial score (nSPS) is 19.0. The standard InChI is InChI=1S/C14H23N3OS/c1-3-17(13-4-6-15-8-13)10-14(18)16(2)9-12-5-7-19-11-12/h5,7,11,13,15H,3-4,6,8-10H2,1-2H3. The van der Waals surface area contributed by atoms with Crippen LogP contribution < -0.4 is 5.32 Å². The van der Waals surface area contributed by atoms with Gasteiger partial charge in [-0.2, -0.15) is 11.3 Å². The predicted molar refractivity (Wildman–Crippen MR) is 79.3 cm³/mol. The molecule has 1 aliphatic rings. The molecule has 0 bridgehead atoms. The molecule has 1 atom stereocenters. The number of hydrogen-bond donors (Lipinski definition) is 1. The van der Waals surface area contributed by atoms with Gasteiger partial charge in [0.15, 0.2) is 0 Å².